The molecule has 0 atom stereocenters. The summed E-state index contributed by atoms with van der Waals surface area (Å²) in [7, 11) is 0. The lowest BCUT2D eigenvalue weighted by molar-refractivity contribution is 0.0956. The molecule has 0 aliphatic heterocycles. The molecule has 0 unspecified atom stereocenters. The third-order valence-electron chi connectivity index (χ3n) is 3.42. The first-order chi connectivity index (χ1) is 12.5. The van der Waals surface area contributed by atoms with Crippen LogP contribution in [0.15, 0.2) is 84.8 Å². The molecule has 1 aromatic rings. The number of rotatable bonds is 9. The van der Waals surface area contributed by atoms with Crippen molar-refractivity contribution in [2.45, 2.75) is 33.7 Å². The van der Waals surface area contributed by atoms with E-state index in [2.05, 4.69) is 29.3 Å². The van der Waals surface area contributed by atoms with Gasteiger partial charge in [-0.2, -0.15) is 5.10 Å². The number of carbonyl (C=O) groups is 1. The molecular formula is C22H27N3O. The van der Waals surface area contributed by atoms with Gasteiger partial charge in [0, 0.05) is 12.2 Å². The van der Waals surface area contributed by atoms with Gasteiger partial charge in [0.05, 0.1) is 5.69 Å². The van der Waals surface area contributed by atoms with E-state index in [-0.39, 0.29) is 5.91 Å². The molecule has 4 nitrogen and oxygen atoms in total. The highest BCUT2D eigenvalue weighted by Gasteiger charge is 2.13. The van der Waals surface area contributed by atoms with Crippen molar-refractivity contribution in [1.29, 1.82) is 0 Å². The van der Waals surface area contributed by atoms with Gasteiger partial charge in [-0.05, 0) is 51.5 Å². The second-order valence-electron chi connectivity index (χ2n) is 5.59. The van der Waals surface area contributed by atoms with Crippen LogP contribution >= 0.6 is 0 Å². The van der Waals surface area contributed by atoms with Crippen molar-refractivity contribution in [3.63, 3.8) is 0 Å². The number of hydrogen-bond acceptors (Lipinski definition) is 2. The Morgan fingerprint density at radius 1 is 1.38 bits per heavy atom. The average Bonchev–Trinajstić information content (AvgIpc) is 3.02. The van der Waals surface area contributed by atoms with E-state index in [1.807, 2.05) is 51.2 Å². The number of allylic oxidation sites excluding steroid dienone is 8. The fourth-order valence-corrected chi connectivity index (χ4v) is 2.16. The summed E-state index contributed by atoms with van der Waals surface area (Å²) in [4.78, 5) is 12.4. The lowest BCUT2D eigenvalue weighted by Gasteiger charge is -2.07. The zero-order valence-electron chi connectivity index (χ0n) is 15.8. The van der Waals surface area contributed by atoms with E-state index in [0.29, 0.717) is 24.4 Å². The molecule has 26 heavy (non-hydrogen) atoms. The van der Waals surface area contributed by atoms with Crippen molar-refractivity contribution in [3.8, 4) is 0 Å². The van der Waals surface area contributed by atoms with Crippen LogP contribution in [0.2, 0.25) is 0 Å². The Labute approximate surface area is 156 Å². The zero-order chi connectivity index (χ0) is 19.4. The van der Waals surface area contributed by atoms with Gasteiger partial charge in [-0.25, -0.2) is 0 Å². The molecule has 0 aromatic carbocycles. The molecule has 136 valence electrons. The fourth-order valence-electron chi connectivity index (χ4n) is 2.16. The van der Waals surface area contributed by atoms with Crippen LogP contribution in [0.3, 0.4) is 0 Å². The predicted molar refractivity (Wildman–Crippen MR) is 109 cm³/mol. The molecule has 0 fully saturated rings. The second kappa shape index (κ2) is 11.5. The van der Waals surface area contributed by atoms with Crippen molar-refractivity contribution in [2.75, 3.05) is 0 Å². The number of nitrogens with one attached hydrogen (secondary N) is 1. The van der Waals surface area contributed by atoms with Gasteiger partial charge in [-0.3, -0.25) is 9.48 Å². The lowest BCUT2D eigenvalue weighted by atomic mass is 10.2. The van der Waals surface area contributed by atoms with Gasteiger partial charge in [0.2, 0.25) is 0 Å². The Bertz CT molecular complexity index is 797. The topological polar surface area (TPSA) is 46.9 Å². The molecule has 0 spiro atoms. The summed E-state index contributed by atoms with van der Waals surface area (Å²) < 4.78 is 1.69. The Morgan fingerprint density at radius 3 is 2.81 bits per heavy atom. The molecular weight excluding hydrogens is 322 g/mol. The standard InChI is InChI=1S/C22H27N3O/c1-6-9-10-11-14-18(4)15-12-13-16-20(7-2)23-22(26)21-17-19(5)24-25(21)8-3/h6-7,9,11-12,14-17H,1-2,8,13H2,3-5H3,(H,23,26)/b15-12+,18-14+,20-16?. The maximum atomic E-state index is 12.4. The molecule has 0 saturated carbocycles. The molecule has 1 N–H and O–H groups in total. The summed E-state index contributed by atoms with van der Waals surface area (Å²) in [5.41, 5.74) is 6.13. The van der Waals surface area contributed by atoms with E-state index in [4.69, 9.17) is 0 Å². The Balaban J connectivity index is 2.69. The van der Waals surface area contributed by atoms with Crippen LogP contribution in [0, 0.1) is 6.92 Å². The minimum Gasteiger partial charge on any atom is -0.321 e. The van der Waals surface area contributed by atoms with Crippen molar-refractivity contribution < 1.29 is 4.79 Å². The normalized spacial score (nSPS) is 11.8. The molecule has 1 amide bonds. The van der Waals surface area contributed by atoms with Crippen molar-refractivity contribution in [1.82, 2.24) is 15.1 Å². The molecule has 0 saturated heterocycles. The number of aryl methyl sites for hydroxylation is 2. The second-order valence-corrected chi connectivity index (χ2v) is 5.59. The van der Waals surface area contributed by atoms with Crippen LogP contribution in [0.4, 0.5) is 0 Å². The maximum Gasteiger partial charge on any atom is 0.273 e. The molecule has 1 aromatic heterocycles. The third kappa shape index (κ3) is 7.20. The minimum atomic E-state index is -0.183. The fraction of sp³-hybridized carbons (Fsp3) is 0.227. The molecule has 0 aliphatic carbocycles. The highest BCUT2D eigenvalue weighted by Crippen LogP contribution is 2.06. The Kier molecular flexibility index (Phi) is 9.23. The van der Waals surface area contributed by atoms with E-state index in [1.165, 1.54) is 0 Å². The molecule has 1 heterocycles. The summed E-state index contributed by atoms with van der Waals surface area (Å²) in [6.07, 6.45) is 15.5. The van der Waals surface area contributed by atoms with Crippen LogP contribution in [0.5, 0.6) is 0 Å². The van der Waals surface area contributed by atoms with Crippen LogP contribution in [-0.2, 0) is 6.54 Å². The van der Waals surface area contributed by atoms with E-state index in [0.717, 1.165) is 11.3 Å². The van der Waals surface area contributed by atoms with E-state index >= 15 is 0 Å². The van der Waals surface area contributed by atoms with Gasteiger partial charge in [0.25, 0.3) is 5.91 Å². The molecule has 0 aliphatic rings. The number of amides is 1. The molecule has 0 bridgehead atoms. The van der Waals surface area contributed by atoms with Gasteiger partial charge in [0.1, 0.15) is 5.69 Å². The van der Waals surface area contributed by atoms with Crippen LogP contribution in [0.25, 0.3) is 0 Å². The summed E-state index contributed by atoms with van der Waals surface area (Å²) in [6, 6.07) is 1.78. The molecule has 0 radical (unpaired) electrons. The first kappa shape index (κ1) is 20.9. The Hall–Kier alpha value is -3.10. The highest BCUT2D eigenvalue weighted by molar-refractivity contribution is 5.94. The van der Waals surface area contributed by atoms with Gasteiger partial charge < -0.3 is 5.32 Å². The van der Waals surface area contributed by atoms with Crippen LogP contribution in [-0.4, -0.2) is 15.7 Å². The number of aromatic nitrogens is 2. The quantitative estimate of drug-likeness (QED) is 0.514. The highest BCUT2D eigenvalue weighted by atomic mass is 16.2. The van der Waals surface area contributed by atoms with Crippen LogP contribution in [0.1, 0.15) is 36.5 Å². The smallest absolute Gasteiger partial charge is 0.273 e. The molecule has 4 heteroatoms. The summed E-state index contributed by atoms with van der Waals surface area (Å²) in [5, 5.41) is 7.16. The lowest BCUT2D eigenvalue weighted by Crippen LogP contribution is -2.24. The van der Waals surface area contributed by atoms with Gasteiger partial charge in [0.15, 0.2) is 0 Å². The number of hydrogen-bond donors (Lipinski definition) is 1. The van der Waals surface area contributed by atoms with Crippen molar-refractivity contribution >= 4 is 5.91 Å². The van der Waals surface area contributed by atoms with E-state index in [1.54, 1.807) is 29.0 Å². The summed E-state index contributed by atoms with van der Waals surface area (Å²) >= 11 is 0. The Morgan fingerprint density at radius 2 is 2.15 bits per heavy atom. The zero-order valence-corrected chi connectivity index (χ0v) is 15.8. The van der Waals surface area contributed by atoms with Crippen LogP contribution < -0.4 is 5.32 Å². The average molecular weight is 349 g/mol. The first-order valence-corrected chi connectivity index (χ1v) is 8.57. The third-order valence-corrected chi connectivity index (χ3v) is 3.42. The molecule has 1 rings (SSSR count). The van der Waals surface area contributed by atoms with Crippen molar-refractivity contribution in [3.05, 3.63) is 96.2 Å². The predicted octanol–water partition coefficient (Wildman–Crippen LogP) is 4.80. The maximum absolute atomic E-state index is 12.4. The van der Waals surface area contributed by atoms with Gasteiger partial charge >= 0.3 is 0 Å². The largest absolute Gasteiger partial charge is 0.321 e. The summed E-state index contributed by atoms with van der Waals surface area (Å²) in [6.45, 7) is 13.8. The minimum absolute atomic E-state index is 0.183. The summed E-state index contributed by atoms with van der Waals surface area (Å²) in [5.74, 6) is -0.183. The number of nitrogens with zero attached hydrogens (tertiary/aromatic N) is 2. The SMILES string of the molecule is C=CC=C=C/C=C(C)/C=C/CC=C(C=C)NC(=O)c1cc(C)nn1CC. The monoisotopic (exact) mass is 349 g/mol. The van der Waals surface area contributed by atoms with Crippen molar-refractivity contribution in [2.24, 2.45) is 0 Å². The first-order valence-electron chi connectivity index (χ1n) is 8.57. The van der Waals surface area contributed by atoms with Gasteiger partial charge in [-0.1, -0.05) is 49.1 Å². The van der Waals surface area contributed by atoms with Gasteiger partial charge in [-0.15, -0.1) is 5.73 Å². The van der Waals surface area contributed by atoms with E-state index < -0.39 is 0 Å². The van der Waals surface area contributed by atoms with E-state index in [9.17, 15) is 4.79 Å². The number of carbonyl (C=O) groups excluding carboxylic acids is 1.